The number of benzene rings is 1. The number of alkyl halides is 3. The number of amidine groups is 1. The first-order chi connectivity index (χ1) is 9.88. The van der Waals surface area contributed by atoms with Crippen molar-refractivity contribution in [3.8, 4) is 5.75 Å². The van der Waals surface area contributed by atoms with Crippen LogP contribution in [0.4, 0.5) is 13.2 Å². The molecule has 2 rings (SSSR count). The van der Waals surface area contributed by atoms with E-state index in [0.717, 1.165) is 17.0 Å². The molecule has 0 spiro atoms. The van der Waals surface area contributed by atoms with Gasteiger partial charge in [-0.2, -0.15) is 13.2 Å². The molecule has 7 heteroatoms. The smallest absolute Gasteiger partial charge is 0.417 e. The summed E-state index contributed by atoms with van der Waals surface area (Å²) in [4.78, 5) is 1.13. The molecule has 0 aliphatic rings. The number of rotatable bonds is 5. The summed E-state index contributed by atoms with van der Waals surface area (Å²) in [5, 5.41) is 9.21. The molecule has 1 aromatic heterocycles. The van der Waals surface area contributed by atoms with Gasteiger partial charge < -0.3 is 10.5 Å². The third-order valence-electron chi connectivity index (χ3n) is 2.78. The lowest BCUT2D eigenvalue weighted by molar-refractivity contribution is -0.137. The molecule has 0 unspecified atom stereocenters. The Hall–Kier alpha value is -2.02. The van der Waals surface area contributed by atoms with Gasteiger partial charge in [-0.3, -0.25) is 5.41 Å². The minimum atomic E-state index is -4.55. The summed E-state index contributed by atoms with van der Waals surface area (Å²) in [6.07, 6.45) is -3.87. The van der Waals surface area contributed by atoms with Crippen molar-refractivity contribution in [1.29, 1.82) is 5.41 Å². The van der Waals surface area contributed by atoms with E-state index in [9.17, 15) is 13.2 Å². The summed E-state index contributed by atoms with van der Waals surface area (Å²) in [5.41, 5.74) is 3.92. The van der Waals surface area contributed by atoms with E-state index in [1.54, 1.807) is 11.3 Å². The number of ether oxygens (including phenoxy) is 1. The SMILES string of the molecule is N=C(N)c1cc(OCCc2cccs2)ccc1C(F)(F)F. The second kappa shape index (κ2) is 6.17. The van der Waals surface area contributed by atoms with Crippen LogP contribution in [0.3, 0.4) is 0 Å². The lowest BCUT2D eigenvalue weighted by atomic mass is 10.1. The van der Waals surface area contributed by atoms with Crippen LogP contribution in [0, 0.1) is 5.41 Å². The summed E-state index contributed by atoms with van der Waals surface area (Å²) in [6.45, 7) is 0.350. The van der Waals surface area contributed by atoms with Gasteiger partial charge in [0.25, 0.3) is 0 Å². The largest absolute Gasteiger partial charge is 0.493 e. The summed E-state index contributed by atoms with van der Waals surface area (Å²) in [7, 11) is 0. The second-order valence-electron chi connectivity index (χ2n) is 4.30. The van der Waals surface area contributed by atoms with Gasteiger partial charge >= 0.3 is 6.18 Å². The van der Waals surface area contributed by atoms with Gasteiger partial charge in [0.05, 0.1) is 12.2 Å². The minimum Gasteiger partial charge on any atom is -0.493 e. The van der Waals surface area contributed by atoms with E-state index in [1.807, 2.05) is 17.5 Å². The third-order valence-corrected chi connectivity index (χ3v) is 3.72. The molecule has 0 atom stereocenters. The van der Waals surface area contributed by atoms with Crippen LogP contribution < -0.4 is 10.5 Å². The average molecular weight is 314 g/mol. The molecule has 1 aromatic carbocycles. The van der Waals surface area contributed by atoms with Crippen molar-refractivity contribution in [3.05, 3.63) is 51.7 Å². The van der Waals surface area contributed by atoms with Crippen molar-refractivity contribution in [3.63, 3.8) is 0 Å². The monoisotopic (exact) mass is 314 g/mol. The molecule has 0 aliphatic carbocycles. The number of hydrogen-bond acceptors (Lipinski definition) is 3. The van der Waals surface area contributed by atoms with E-state index in [-0.39, 0.29) is 11.3 Å². The van der Waals surface area contributed by atoms with E-state index in [1.165, 1.54) is 6.07 Å². The van der Waals surface area contributed by atoms with Crippen molar-refractivity contribution < 1.29 is 17.9 Å². The molecule has 0 bridgehead atoms. The van der Waals surface area contributed by atoms with Crippen LogP contribution in [0.2, 0.25) is 0 Å². The zero-order chi connectivity index (χ0) is 15.5. The van der Waals surface area contributed by atoms with Crippen molar-refractivity contribution in [2.45, 2.75) is 12.6 Å². The van der Waals surface area contributed by atoms with Gasteiger partial charge in [0, 0.05) is 16.9 Å². The zero-order valence-electron chi connectivity index (χ0n) is 10.9. The first-order valence-corrected chi connectivity index (χ1v) is 6.96. The Morgan fingerprint density at radius 1 is 1.29 bits per heavy atom. The summed E-state index contributed by atoms with van der Waals surface area (Å²) in [5.74, 6) is -0.365. The molecule has 0 saturated carbocycles. The van der Waals surface area contributed by atoms with Gasteiger partial charge in [0.1, 0.15) is 11.6 Å². The van der Waals surface area contributed by atoms with Gasteiger partial charge in [0.2, 0.25) is 0 Å². The highest BCUT2D eigenvalue weighted by atomic mass is 32.1. The standard InChI is InChI=1S/C14H13F3N2OS/c15-14(16,17)12-4-3-9(8-11(12)13(18)19)20-6-5-10-2-1-7-21-10/h1-4,7-8H,5-6H2,(H3,18,19). The number of nitrogens with one attached hydrogen (secondary N) is 1. The normalized spacial score (nSPS) is 11.4. The quantitative estimate of drug-likeness (QED) is 0.653. The molecule has 0 fully saturated rings. The van der Waals surface area contributed by atoms with Crippen LogP contribution >= 0.6 is 11.3 Å². The molecule has 3 nitrogen and oxygen atoms in total. The molecule has 2 aromatic rings. The maximum Gasteiger partial charge on any atom is 0.417 e. The van der Waals surface area contributed by atoms with Crippen LogP contribution in [0.5, 0.6) is 5.75 Å². The van der Waals surface area contributed by atoms with Gasteiger partial charge in [0.15, 0.2) is 0 Å². The van der Waals surface area contributed by atoms with Crippen molar-refractivity contribution in [1.82, 2.24) is 0 Å². The van der Waals surface area contributed by atoms with Crippen molar-refractivity contribution in [2.75, 3.05) is 6.61 Å². The molecular weight excluding hydrogens is 301 g/mol. The Morgan fingerprint density at radius 3 is 2.62 bits per heavy atom. The maximum atomic E-state index is 12.8. The van der Waals surface area contributed by atoms with Crippen LogP contribution in [-0.4, -0.2) is 12.4 Å². The fourth-order valence-electron chi connectivity index (χ4n) is 1.81. The fourth-order valence-corrected chi connectivity index (χ4v) is 2.50. The number of nitrogen functional groups attached to an aromatic ring is 1. The summed E-state index contributed by atoms with van der Waals surface area (Å²) in [6, 6.07) is 7.16. The second-order valence-corrected chi connectivity index (χ2v) is 5.33. The van der Waals surface area contributed by atoms with Gasteiger partial charge in [-0.25, -0.2) is 0 Å². The van der Waals surface area contributed by atoms with Crippen LogP contribution in [0.1, 0.15) is 16.0 Å². The maximum absolute atomic E-state index is 12.8. The highest BCUT2D eigenvalue weighted by Crippen LogP contribution is 2.33. The first-order valence-electron chi connectivity index (χ1n) is 6.09. The molecule has 21 heavy (non-hydrogen) atoms. The van der Waals surface area contributed by atoms with Crippen LogP contribution in [0.15, 0.2) is 35.7 Å². The number of nitrogens with two attached hydrogens (primary N) is 1. The highest BCUT2D eigenvalue weighted by molar-refractivity contribution is 7.09. The predicted octanol–water partition coefficient (Wildman–Crippen LogP) is 3.67. The van der Waals surface area contributed by atoms with Gasteiger partial charge in [-0.05, 0) is 29.6 Å². The lowest BCUT2D eigenvalue weighted by Gasteiger charge is -2.14. The van der Waals surface area contributed by atoms with E-state index >= 15 is 0 Å². The molecule has 3 N–H and O–H groups in total. The molecule has 1 heterocycles. The zero-order valence-corrected chi connectivity index (χ0v) is 11.7. The number of thiophene rings is 1. The fraction of sp³-hybridized carbons (Fsp3) is 0.214. The Morgan fingerprint density at radius 2 is 2.05 bits per heavy atom. The van der Waals surface area contributed by atoms with Crippen molar-refractivity contribution >= 4 is 17.2 Å². The summed E-state index contributed by atoms with van der Waals surface area (Å²) < 4.78 is 43.8. The molecule has 0 aliphatic heterocycles. The topological polar surface area (TPSA) is 59.1 Å². The third kappa shape index (κ3) is 3.98. The number of halogens is 3. The summed E-state index contributed by atoms with van der Waals surface area (Å²) >= 11 is 1.59. The molecule has 0 saturated heterocycles. The minimum absolute atomic E-state index is 0.268. The van der Waals surface area contributed by atoms with Gasteiger partial charge in [-0.1, -0.05) is 6.07 Å². The molecule has 0 radical (unpaired) electrons. The van der Waals surface area contributed by atoms with Crippen LogP contribution in [-0.2, 0) is 12.6 Å². The predicted molar refractivity (Wildman–Crippen MR) is 76.0 cm³/mol. The van der Waals surface area contributed by atoms with E-state index in [4.69, 9.17) is 15.9 Å². The first kappa shape index (κ1) is 15.4. The van der Waals surface area contributed by atoms with E-state index in [2.05, 4.69) is 0 Å². The van der Waals surface area contributed by atoms with Crippen molar-refractivity contribution in [2.24, 2.45) is 5.73 Å². The molecule has 0 amide bonds. The molecule has 112 valence electrons. The number of hydrogen-bond donors (Lipinski definition) is 2. The average Bonchev–Trinajstić information content (AvgIpc) is 2.90. The lowest BCUT2D eigenvalue weighted by Crippen LogP contribution is -2.19. The van der Waals surface area contributed by atoms with E-state index in [0.29, 0.717) is 13.0 Å². The highest BCUT2D eigenvalue weighted by Gasteiger charge is 2.34. The van der Waals surface area contributed by atoms with Gasteiger partial charge in [-0.15, -0.1) is 11.3 Å². The van der Waals surface area contributed by atoms with E-state index < -0.39 is 17.6 Å². The Labute approximate surface area is 123 Å². The Kier molecular flexibility index (Phi) is 4.52. The molecular formula is C14H13F3N2OS. The van der Waals surface area contributed by atoms with Crippen LogP contribution in [0.25, 0.3) is 0 Å². The Bertz CT molecular complexity index is 624. The Balaban J connectivity index is 2.11.